The van der Waals surface area contributed by atoms with Crippen LogP contribution in [0, 0.1) is 5.82 Å². The number of benzene rings is 2. The first-order valence-corrected chi connectivity index (χ1v) is 9.97. The van der Waals surface area contributed by atoms with Gasteiger partial charge in [0.05, 0.1) is 21.2 Å². The zero-order valence-electron chi connectivity index (χ0n) is 14.2. The van der Waals surface area contributed by atoms with Crippen LogP contribution in [0.3, 0.4) is 0 Å². The maximum Gasteiger partial charge on any atom is 0.260 e. The van der Waals surface area contributed by atoms with E-state index in [1.807, 2.05) is 0 Å². The predicted octanol–water partition coefficient (Wildman–Crippen LogP) is 5.37. The number of aromatic nitrogens is 2. The fourth-order valence-electron chi connectivity index (χ4n) is 2.71. The number of amides is 1. The van der Waals surface area contributed by atoms with Gasteiger partial charge in [-0.2, -0.15) is 4.98 Å². The van der Waals surface area contributed by atoms with Gasteiger partial charge in [-0.3, -0.25) is 4.79 Å². The molecule has 0 spiro atoms. The summed E-state index contributed by atoms with van der Waals surface area (Å²) in [7, 11) is 0. The van der Waals surface area contributed by atoms with E-state index in [4.69, 9.17) is 27.7 Å². The van der Waals surface area contributed by atoms with E-state index in [9.17, 15) is 9.18 Å². The van der Waals surface area contributed by atoms with Gasteiger partial charge in [0.2, 0.25) is 5.82 Å². The highest BCUT2D eigenvalue weighted by Gasteiger charge is 2.27. The van der Waals surface area contributed by atoms with Gasteiger partial charge in [-0.15, -0.1) is 11.8 Å². The summed E-state index contributed by atoms with van der Waals surface area (Å²) in [4.78, 5) is 18.7. The molecule has 9 heteroatoms. The molecule has 1 aliphatic heterocycles. The van der Waals surface area contributed by atoms with Gasteiger partial charge in [-0.1, -0.05) is 40.5 Å². The van der Waals surface area contributed by atoms with Crippen LogP contribution in [0.1, 0.15) is 16.2 Å². The van der Waals surface area contributed by atoms with Gasteiger partial charge in [-0.05, 0) is 30.3 Å². The van der Waals surface area contributed by atoms with E-state index in [0.29, 0.717) is 22.2 Å². The molecule has 0 N–H and O–H groups in total. The molecule has 4 rings (SSSR count). The van der Waals surface area contributed by atoms with Gasteiger partial charge in [-0.25, -0.2) is 4.39 Å². The first kappa shape index (κ1) is 19.0. The molecule has 0 radical (unpaired) electrons. The topological polar surface area (TPSA) is 59.2 Å². The number of carbonyl (C=O) groups excluding carboxylic acids is 1. The number of hydrogen-bond acceptors (Lipinski definition) is 5. The first-order chi connectivity index (χ1) is 13.5. The quantitative estimate of drug-likeness (QED) is 0.553. The van der Waals surface area contributed by atoms with Crippen molar-refractivity contribution in [2.75, 3.05) is 12.3 Å². The van der Waals surface area contributed by atoms with Gasteiger partial charge in [0.1, 0.15) is 5.82 Å². The molecule has 2 heterocycles. The number of thioether (sulfide) groups is 1. The fraction of sp³-hybridized carbons (Fsp3) is 0.105. The summed E-state index contributed by atoms with van der Waals surface area (Å²) < 4.78 is 19.1. The SMILES string of the molecule is O=C(c1ccc(Cl)cc1Cl)N1CCS/C1=C/c1nc(-c2ccccc2F)no1. The minimum atomic E-state index is -0.438. The van der Waals surface area contributed by atoms with Crippen LogP contribution in [0.25, 0.3) is 17.5 Å². The van der Waals surface area contributed by atoms with Crippen LogP contribution in [-0.2, 0) is 0 Å². The van der Waals surface area contributed by atoms with Crippen LogP contribution in [0.5, 0.6) is 0 Å². The van der Waals surface area contributed by atoms with Crippen molar-refractivity contribution in [2.45, 2.75) is 0 Å². The van der Waals surface area contributed by atoms with Crippen LogP contribution in [0.4, 0.5) is 4.39 Å². The van der Waals surface area contributed by atoms with Crippen molar-refractivity contribution in [2.24, 2.45) is 0 Å². The Labute approximate surface area is 174 Å². The maximum absolute atomic E-state index is 13.9. The molecule has 0 saturated carbocycles. The Balaban J connectivity index is 1.61. The predicted molar refractivity (Wildman–Crippen MR) is 108 cm³/mol. The normalized spacial score (nSPS) is 15.4. The van der Waals surface area contributed by atoms with Crippen LogP contribution < -0.4 is 0 Å². The third-order valence-electron chi connectivity index (χ3n) is 4.04. The van der Waals surface area contributed by atoms with Crippen molar-refractivity contribution in [3.8, 4) is 11.4 Å². The summed E-state index contributed by atoms with van der Waals surface area (Å²) in [5.41, 5.74) is 0.605. The molecule has 1 aliphatic rings. The molecule has 0 unspecified atom stereocenters. The molecule has 1 amide bonds. The van der Waals surface area contributed by atoms with E-state index >= 15 is 0 Å². The number of carbonyl (C=O) groups is 1. The average molecular weight is 436 g/mol. The number of rotatable bonds is 3. The highest BCUT2D eigenvalue weighted by atomic mass is 35.5. The Hall–Kier alpha value is -2.35. The Bertz CT molecular complexity index is 1090. The summed E-state index contributed by atoms with van der Waals surface area (Å²) in [6, 6.07) is 10.9. The second-order valence-corrected chi connectivity index (χ2v) is 7.81. The van der Waals surface area contributed by atoms with Crippen LogP contribution >= 0.6 is 35.0 Å². The van der Waals surface area contributed by atoms with E-state index in [-0.39, 0.29) is 28.2 Å². The zero-order valence-corrected chi connectivity index (χ0v) is 16.6. The molecular weight excluding hydrogens is 424 g/mol. The Morgan fingerprint density at radius 1 is 1.25 bits per heavy atom. The molecule has 3 aromatic rings. The monoisotopic (exact) mass is 435 g/mol. The minimum absolute atomic E-state index is 0.145. The molecule has 0 bridgehead atoms. The number of nitrogens with zero attached hydrogens (tertiary/aromatic N) is 3. The summed E-state index contributed by atoms with van der Waals surface area (Å²) in [6.07, 6.45) is 1.61. The van der Waals surface area contributed by atoms with E-state index in [2.05, 4.69) is 10.1 Å². The van der Waals surface area contributed by atoms with Gasteiger partial charge in [0, 0.05) is 23.4 Å². The van der Waals surface area contributed by atoms with Gasteiger partial charge in [0.15, 0.2) is 0 Å². The maximum atomic E-state index is 13.9. The Morgan fingerprint density at radius 2 is 2.07 bits per heavy atom. The standard InChI is InChI=1S/C19H12Cl2FN3O2S/c20-11-5-6-12(14(21)9-11)19(26)25-7-8-28-17(25)10-16-23-18(24-27-16)13-3-1-2-4-15(13)22/h1-6,9-10H,7-8H2/b17-10+. The molecule has 28 heavy (non-hydrogen) atoms. The second kappa shape index (κ2) is 7.95. The Kier molecular flexibility index (Phi) is 5.39. The lowest BCUT2D eigenvalue weighted by atomic mass is 10.2. The van der Waals surface area contributed by atoms with Crippen LogP contribution in [0.15, 0.2) is 52.0 Å². The van der Waals surface area contributed by atoms with E-state index in [0.717, 1.165) is 5.75 Å². The van der Waals surface area contributed by atoms with Crippen molar-refractivity contribution in [1.82, 2.24) is 15.0 Å². The lowest BCUT2D eigenvalue weighted by molar-refractivity contribution is 0.0831. The van der Waals surface area contributed by atoms with Crippen molar-refractivity contribution in [1.29, 1.82) is 0 Å². The lowest BCUT2D eigenvalue weighted by Crippen LogP contribution is -2.27. The zero-order chi connectivity index (χ0) is 19.7. The molecule has 1 saturated heterocycles. The third-order valence-corrected chi connectivity index (χ3v) is 5.61. The fourth-order valence-corrected chi connectivity index (χ4v) is 4.20. The van der Waals surface area contributed by atoms with Gasteiger partial charge in [0.25, 0.3) is 11.8 Å². The summed E-state index contributed by atoms with van der Waals surface area (Å²) >= 11 is 13.5. The summed E-state index contributed by atoms with van der Waals surface area (Å²) in [5, 5.41) is 5.22. The first-order valence-electron chi connectivity index (χ1n) is 8.23. The highest BCUT2D eigenvalue weighted by Crippen LogP contribution is 2.33. The Morgan fingerprint density at radius 3 is 2.86 bits per heavy atom. The smallest absolute Gasteiger partial charge is 0.260 e. The molecule has 1 fully saturated rings. The average Bonchev–Trinajstić information content (AvgIpc) is 3.32. The molecular formula is C19H12Cl2FN3O2S. The largest absolute Gasteiger partial charge is 0.334 e. The van der Waals surface area contributed by atoms with Crippen molar-refractivity contribution < 1.29 is 13.7 Å². The summed E-state index contributed by atoms with van der Waals surface area (Å²) in [6.45, 7) is 0.516. The van der Waals surface area contributed by atoms with Crippen LogP contribution in [0.2, 0.25) is 10.0 Å². The number of hydrogen-bond donors (Lipinski definition) is 0. The van der Waals surface area contributed by atoms with E-state index in [1.54, 1.807) is 41.3 Å². The molecule has 1 aromatic heterocycles. The molecule has 0 atom stereocenters. The minimum Gasteiger partial charge on any atom is -0.334 e. The molecule has 142 valence electrons. The van der Waals surface area contributed by atoms with Crippen molar-refractivity contribution in [3.05, 3.63) is 74.8 Å². The third kappa shape index (κ3) is 3.78. The molecule has 5 nitrogen and oxygen atoms in total. The summed E-state index contributed by atoms with van der Waals surface area (Å²) in [5.74, 6) is 0.366. The lowest BCUT2D eigenvalue weighted by Gasteiger charge is -2.17. The molecule has 2 aromatic carbocycles. The van der Waals surface area contributed by atoms with E-state index in [1.165, 1.54) is 23.9 Å². The number of halogens is 3. The second-order valence-electron chi connectivity index (χ2n) is 5.85. The van der Waals surface area contributed by atoms with Crippen molar-refractivity contribution >= 4 is 46.9 Å². The van der Waals surface area contributed by atoms with Gasteiger partial charge >= 0.3 is 0 Å². The van der Waals surface area contributed by atoms with Crippen LogP contribution in [-0.4, -0.2) is 33.2 Å². The molecule has 0 aliphatic carbocycles. The van der Waals surface area contributed by atoms with Crippen molar-refractivity contribution in [3.63, 3.8) is 0 Å². The van der Waals surface area contributed by atoms with Gasteiger partial charge < -0.3 is 9.42 Å². The highest BCUT2D eigenvalue weighted by molar-refractivity contribution is 8.03. The van der Waals surface area contributed by atoms with E-state index < -0.39 is 5.82 Å².